The van der Waals surface area contributed by atoms with Gasteiger partial charge in [-0.2, -0.15) is 0 Å². The van der Waals surface area contributed by atoms with Crippen molar-refractivity contribution in [3.05, 3.63) is 70.0 Å². The summed E-state index contributed by atoms with van der Waals surface area (Å²) >= 11 is 4.76. The first kappa shape index (κ1) is 24.0. The molecule has 0 saturated carbocycles. The summed E-state index contributed by atoms with van der Waals surface area (Å²) in [7, 11) is 1.84. The van der Waals surface area contributed by atoms with Gasteiger partial charge in [0.15, 0.2) is 11.0 Å². The highest BCUT2D eigenvalue weighted by Crippen LogP contribution is 2.25. The van der Waals surface area contributed by atoms with Crippen LogP contribution in [-0.4, -0.2) is 32.3 Å². The molecule has 0 aliphatic rings. The molecule has 1 aromatic heterocycles. The van der Waals surface area contributed by atoms with Gasteiger partial charge in [-0.1, -0.05) is 59.7 Å². The fourth-order valence-corrected chi connectivity index (χ4v) is 4.08. The first-order valence-electron chi connectivity index (χ1n) is 10.2. The standard InChI is InChI=1S/C23H26BrN5O2S/c1-14(2)20(26-22(31)16-8-6-5-7-9-16)21-27-28-23(29(21)4)32-13-19(30)25-17-10-11-18(24)15(3)12-17/h5-12,14,20H,13H2,1-4H3,(H,25,30)(H,26,31)/t20-/m0/s1. The molecule has 0 spiro atoms. The lowest BCUT2D eigenvalue weighted by Crippen LogP contribution is -2.33. The third-order valence-corrected chi connectivity index (χ3v) is 6.82. The zero-order valence-corrected chi connectivity index (χ0v) is 20.8. The van der Waals surface area contributed by atoms with Crippen LogP contribution in [0.15, 0.2) is 58.2 Å². The minimum atomic E-state index is -0.311. The third-order valence-electron chi connectivity index (χ3n) is 4.91. The second-order valence-corrected chi connectivity index (χ2v) is 9.56. The number of aryl methyl sites for hydroxylation is 1. The van der Waals surface area contributed by atoms with E-state index in [0.29, 0.717) is 16.5 Å². The predicted molar refractivity (Wildman–Crippen MR) is 131 cm³/mol. The summed E-state index contributed by atoms with van der Waals surface area (Å²) < 4.78 is 2.83. The van der Waals surface area contributed by atoms with Crippen LogP contribution < -0.4 is 10.6 Å². The number of carbonyl (C=O) groups is 2. The molecule has 2 amide bonds. The van der Waals surface area contributed by atoms with Gasteiger partial charge in [0.05, 0.1) is 11.8 Å². The summed E-state index contributed by atoms with van der Waals surface area (Å²) in [6, 6.07) is 14.4. The van der Waals surface area contributed by atoms with Crippen LogP contribution >= 0.6 is 27.7 Å². The number of benzene rings is 2. The fourth-order valence-electron chi connectivity index (χ4n) is 3.12. The van der Waals surface area contributed by atoms with E-state index in [1.807, 2.05) is 68.8 Å². The van der Waals surface area contributed by atoms with Crippen LogP contribution in [0.4, 0.5) is 5.69 Å². The lowest BCUT2D eigenvalue weighted by Gasteiger charge is -2.21. The van der Waals surface area contributed by atoms with Gasteiger partial charge in [-0.05, 0) is 48.7 Å². The van der Waals surface area contributed by atoms with Crippen molar-refractivity contribution in [2.45, 2.75) is 32.0 Å². The second kappa shape index (κ2) is 10.8. The lowest BCUT2D eigenvalue weighted by molar-refractivity contribution is -0.113. The molecule has 32 heavy (non-hydrogen) atoms. The Morgan fingerprint density at radius 1 is 1.12 bits per heavy atom. The van der Waals surface area contributed by atoms with Gasteiger partial charge in [0.25, 0.3) is 5.91 Å². The third kappa shape index (κ3) is 5.98. The molecule has 9 heteroatoms. The lowest BCUT2D eigenvalue weighted by atomic mass is 10.0. The SMILES string of the molecule is Cc1cc(NC(=O)CSc2nnc([C@@H](NC(=O)c3ccccc3)C(C)C)n2C)ccc1Br. The Labute approximate surface area is 200 Å². The molecule has 0 saturated heterocycles. The van der Waals surface area contributed by atoms with E-state index in [2.05, 4.69) is 36.8 Å². The minimum absolute atomic E-state index is 0.104. The number of aromatic nitrogens is 3. The monoisotopic (exact) mass is 515 g/mol. The van der Waals surface area contributed by atoms with Crippen LogP contribution in [0.2, 0.25) is 0 Å². The molecule has 2 N–H and O–H groups in total. The molecule has 0 aliphatic heterocycles. The molecule has 0 radical (unpaired) electrons. The average Bonchev–Trinajstić information content (AvgIpc) is 3.13. The van der Waals surface area contributed by atoms with Gasteiger partial charge in [-0.3, -0.25) is 9.59 Å². The highest BCUT2D eigenvalue weighted by atomic mass is 79.9. The van der Waals surface area contributed by atoms with Crippen molar-refractivity contribution >= 4 is 45.2 Å². The maximum Gasteiger partial charge on any atom is 0.251 e. The van der Waals surface area contributed by atoms with Crippen molar-refractivity contribution in [1.82, 2.24) is 20.1 Å². The summed E-state index contributed by atoms with van der Waals surface area (Å²) in [5, 5.41) is 15.1. The number of rotatable bonds is 8. The number of nitrogens with one attached hydrogen (secondary N) is 2. The minimum Gasteiger partial charge on any atom is -0.342 e. The Morgan fingerprint density at radius 2 is 1.84 bits per heavy atom. The smallest absolute Gasteiger partial charge is 0.251 e. The van der Waals surface area contributed by atoms with Crippen molar-refractivity contribution in [3.8, 4) is 0 Å². The van der Waals surface area contributed by atoms with Gasteiger partial charge in [0.1, 0.15) is 0 Å². The van der Waals surface area contributed by atoms with E-state index in [9.17, 15) is 9.59 Å². The summed E-state index contributed by atoms with van der Waals surface area (Å²) in [5.74, 6) is 0.664. The Hall–Kier alpha value is -2.65. The summed E-state index contributed by atoms with van der Waals surface area (Å²) in [4.78, 5) is 25.0. The summed E-state index contributed by atoms with van der Waals surface area (Å²) in [6.07, 6.45) is 0. The van der Waals surface area contributed by atoms with Crippen LogP contribution in [0.1, 0.15) is 41.6 Å². The molecule has 1 heterocycles. The number of hydrogen-bond acceptors (Lipinski definition) is 5. The number of anilines is 1. The molecule has 0 bridgehead atoms. The summed E-state index contributed by atoms with van der Waals surface area (Å²) in [5.41, 5.74) is 2.39. The summed E-state index contributed by atoms with van der Waals surface area (Å²) in [6.45, 7) is 6.01. The highest BCUT2D eigenvalue weighted by Gasteiger charge is 2.25. The van der Waals surface area contributed by atoms with Crippen molar-refractivity contribution in [1.29, 1.82) is 0 Å². The number of thioether (sulfide) groups is 1. The second-order valence-electron chi connectivity index (χ2n) is 7.76. The highest BCUT2D eigenvalue weighted by molar-refractivity contribution is 9.10. The maximum absolute atomic E-state index is 12.7. The zero-order valence-electron chi connectivity index (χ0n) is 18.4. The number of nitrogens with zero attached hydrogens (tertiary/aromatic N) is 3. The van der Waals surface area contributed by atoms with E-state index in [1.54, 1.807) is 12.1 Å². The van der Waals surface area contributed by atoms with E-state index in [4.69, 9.17) is 0 Å². The average molecular weight is 516 g/mol. The Morgan fingerprint density at radius 3 is 2.50 bits per heavy atom. The van der Waals surface area contributed by atoms with Crippen LogP contribution in [0, 0.1) is 12.8 Å². The van der Waals surface area contributed by atoms with Crippen molar-refractivity contribution in [2.75, 3.05) is 11.1 Å². The van der Waals surface area contributed by atoms with Crippen molar-refractivity contribution in [3.63, 3.8) is 0 Å². The Kier molecular flexibility index (Phi) is 8.09. The predicted octanol–water partition coefficient (Wildman–Crippen LogP) is 4.74. The van der Waals surface area contributed by atoms with E-state index in [-0.39, 0.29) is 29.5 Å². The van der Waals surface area contributed by atoms with E-state index < -0.39 is 0 Å². The topological polar surface area (TPSA) is 88.9 Å². The van der Waals surface area contributed by atoms with Crippen LogP contribution in [-0.2, 0) is 11.8 Å². The van der Waals surface area contributed by atoms with Gasteiger partial charge in [0.2, 0.25) is 5.91 Å². The number of amides is 2. The molecule has 1 atom stereocenters. The molecular weight excluding hydrogens is 490 g/mol. The Bertz CT molecular complexity index is 1100. The molecule has 7 nitrogen and oxygen atoms in total. The van der Waals surface area contributed by atoms with Crippen LogP contribution in [0.5, 0.6) is 0 Å². The van der Waals surface area contributed by atoms with E-state index in [0.717, 1.165) is 15.7 Å². The molecule has 2 aromatic carbocycles. The van der Waals surface area contributed by atoms with Crippen molar-refractivity contribution in [2.24, 2.45) is 13.0 Å². The number of carbonyl (C=O) groups excluding carboxylic acids is 2. The number of halogens is 1. The first-order valence-corrected chi connectivity index (χ1v) is 12.0. The molecule has 0 unspecified atom stereocenters. The fraction of sp³-hybridized carbons (Fsp3) is 0.304. The van der Waals surface area contributed by atoms with Gasteiger partial charge < -0.3 is 15.2 Å². The molecule has 168 valence electrons. The molecule has 3 aromatic rings. The Balaban J connectivity index is 1.65. The molecular formula is C23H26BrN5O2S. The largest absolute Gasteiger partial charge is 0.342 e. The van der Waals surface area contributed by atoms with Gasteiger partial charge in [-0.15, -0.1) is 10.2 Å². The van der Waals surface area contributed by atoms with Crippen LogP contribution in [0.3, 0.4) is 0 Å². The van der Waals surface area contributed by atoms with Gasteiger partial charge in [-0.25, -0.2) is 0 Å². The van der Waals surface area contributed by atoms with Crippen molar-refractivity contribution < 1.29 is 9.59 Å². The van der Waals surface area contributed by atoms with Crippen LogP contribution in [0.25, 0.3) is 0 Å². The molecule has 0 fully saturated rings. The first-order chi connectivity index (χ1) is 15.3. The van der Waals surface area contributed by atoms with E-state index >= 15 is 0 Å². The molecule has 0 aliphatic carbocycles. The van der Waals surface area contributed by atoms with Gasteiger partial charge in [0, 0.05) is 22.8 Å². The maximum atomic E-state index is 12.7. The normalized spacial score (nSPS) is 11.9. The molecule has 3 rings (SSSR count). The van der Waals surface area contributed by atoms with Gasteiger partial charge >= 0.3 is 0 Å². The van der Waals surface area contributed by atoms with E-state index in [1.165, 1.54) is 11.8 Å². The zero-order chi connectivity index (χ0) is 23.3. The number of hydrogen-bond donors (Lipinski definition) is 2. The quantitative estimate of drug-likeness (QED) is 0.422.